The molecule has 6 heteroatoms. The molecule has 1 aliphatic heterocycles. The summed E-state index contributed by atoms with van der Waals surface area (Å²) in [7, 11) is 0. The molecule has 1 heterocycles. The van der Waals surface area contributed by atoms with Crippen molar-refractivity contribution in [2.45, 2.75) is 82.4 Å². The third-order valence-corrected chi connectivity index (χ3v) is 4.44. The van der Waals surface area contributed by atoms with Gasteiger partial charge < -0.3 is 25.2 Å². The molecular formula is C22H34O6. The largest absolute Gasteiger partial charge is 0.481 e. The van der Waals surface area contributed by atoms with Gasteiger partial charge in [0.1, 0.15) is 0 Å². The first-order chi connectivity index (χ1) is 13.4. The SMILES string of the molecule is CC/C=C\C/C=C\C[C@@H](O)/C=C/[C@@H](O)[C@@H]1C[C@H](O)[C@H](C/C=C\CCC(=O)O)O1. The van der Waals surface area contributed by atoms with Crippen molar-refractivity contribution >= 4 is 5.97 Å². The fraction of sp³-hybridized carbons (Fsp3) is 0.591. The first kappa shape index (κ1) is 24.3. The van der Waals surface area contributed by atoms with E-state index in [0.717, 1.165) is 12.8 Å². The molecule has 0 saturated carbocycles. The van der Waals surface area contributed by atoms with Crippen molar-refractivity contribution < 1.29 is 30.0 Å². The average Bonchev–Trinajstić information content (AvgIpc) is 3.03. The highest BCUT2D eigenvalue weighted by Crippen LogP contribution is 2.26. The lowest BCUT2D eigenvalue weighted by molar-refractivity contribution is -0.136. The number of carboxylic acids is 1. The Hall–Kier alpha value is -1.73. The number of aliphatic hydroxyl groups excluding tert-OH is 3. The van der Waals surface area contributed by atoms with E-state index in [1.54, 1.807) is 18.2 Å². The standard InChI is InChI=1S/C22H34O6/c1-2-3-4-5-6-8-11-17(23)14-15-18(24)21-16-19(25)20(28-21)12-9-7-10-13-22(26)27/h3-4,6-9,14-15,17-21,23-25H,2,5,10-13,16H2,1H3,(H,26,27)/b4-3-,8-6-,9-7-,15-14+/t17-,18-,19+,20+,21+/m1/s1. The topological polar surface area (TPSA) is 107 Å². The third-order valence-electron chi connectivity index (χ3n) is 4.44. The Kier molecular flexibility index (Phi) is 12.4. The minimum Gasteiger partial charge on any atom is -0.481 e. The molecular weight excluding hydrogens is 360 g/mol. The summed E-state index contributed by atoms with van der Waals surface area (Å²) in [6, 6.07) is 0. The highest BCUT2D eigenvalue weighted by molar-refractivity contribution is 5.66. The summed E-state index contributed by atoms with van der Waals surface area (Å²) in [5.74, 6) is -0.845. The fourth-order valence-corrected chi connectivity index (χ4v) is 2.87. The molecule has 1 rings (SSSR count). The Morgan fingerprint density at radius 3 is 2.57 bits per heavy atom. The van der Waals surface area contributed by atoms with Crippen LogP contribution in [0.25, 0.3) is 0 Å². The summed E-state index contributed by atoms with van der Waals surface area (Å²) in [5, 5.41) is 38.8. The number of rotatable bonds is 13. The van der Waals surface area contributed by atoms with Crippen LogP contribution in [0, 0.1) is 0 Å². The van der Waals surface area contributed by atoms with Crippen molar-refractivity contribution in [2.24, 2.45) is 0 Å². The van der Waals surface area contributed by atoms with Gasteiger partial charge in [-0.15, -0.1) is 0 Å². The number of hydrogen-bond acceptors (Lipinski definition) is 5. The predicted octanol–water partition coefficient (Wildman–Crippen LogP) is 2.90. The molecule has 0 aromatic rings. The molecule has 1 saturated heterocycles. The molecule has 4 N–H and O–H groups in total. The second kappa shape index (κ2) is 14.3. The van der Waals surface area contributed by atoms with Crippen LogP contribution < -0.4 is 0 Å². The van der Waals surface area contributed by atoms with Crippen LogP contribution in [0.1, 0.15) is 51.9 Å². The Labute approximate surface area is 167 Å². The van der Waals surface area contributed by atoms with Crippen LogP contribution in [-0.2, 0) is 9.53 Å². The lowest BCUT2D eigenvalue weighted by atomic mass is 10.0. The van der Waals surface area contributed by atoms with Crippen molar-refractivity contribution in [3.8, 4) is 0 Å². The lowest BCUT2D eigenvalue weighted by Crippen LogP contribution is -2.24. The van der Waals surface area contributed by atoms with Crippen molar-refractivity contribution in [1.82, 2.24) is 0 Å². The van der Waals surface area contributed by atoms with Crippen LogP contribution in [0.4, 0.5) is 0 Å². The zero-order valence-corrected chi connectivity index (χ0v) is 16.6. The number of aliphatic carboxylic acids is 1. The summed E-state index contributed by atoms with van der Waals surface area (Å²) in [6.07, 6.45) is 15.1. The van der Waals surface area contributed by atoms with E-state index >= 15 is 0 Å². The third kappa shape index (κ3) is 10.6. The van der Waals surface area contributed by atoms with Gasteiger partial charge in [0.2, 0.25) is 0 Å². The van der Waals surface area contributed by atoms with Gasteiger partial charge in [-0.2, -0.15) is 0 Å². The second-order valence-corrected chi connectivity index (χ2v) is 6.92. The number of ether oxygens (including phenoxy) is 1. The molecule has 0 radical (unpaired) electrons. The van der Waals surface area contributed by atoms with Crippen molar-refractivity contribution in [1.29, 1.82) is 0 Å². The van der Waals surface area contributed by atoms with Gasteiger partial charge in [-0.05, 0) is 32.1 Å². The van der Waals surface area contributed by atoms with Gasteiger partial charge in [0.25, 0.3) is 0 Å². The highest BCUT2D eigenvalue weighted by atomic mass is 16.5. The zero-order chi connectivity index (χ0) is 20.8. The fourth-order valence-electron chi connectivity index (χ4n) is 2.87. The average molecular weight is 395 g/mol. The van der Waals surface area contributed by atoms with Gasteiger partial charge in [0, 0.05) is 12.8 Å². The summed E-state index contributed by atoms with van der Waals surface area (Å²) < 4.78 is 5.71. The Balaban J connectivity index is 2.33. The zero-order valence-electron chi connectivity index (χ0n) is 16.6. The molecule has 28 heavy (non-hydrogen) atoms. The van der Waals surface area contributed by atoms with Crippen LogP contribution in [-0.4, -0.2) is 56.9 Å². The van der Waals surface area contributed by atoms with Gasteiger partial charge in [0.05, 0.1) is 30.5 Å². The molecule has 6 nitrogen and oxygen atoms in total. The van der Waals surface area contributed by atoms with E-state index in [4.69, 9.17) is 9.84 Å². The summed E-state index contributed by atoms with van der Waals surface area (Å²) >= 11 is 0. The van der Waals surface area contributed by atoms with Crippen LogP contribution in [0.3, 0.4) is 0 Å². The number of aliphatic hydroxyl groups is 3. The van der Waals surface area contributed by atoms with Crippen LogP contribution >= 0.6 is 0 Å². The van der Waals surface area contributed by atoms with Gasteiger partial charge in [-0.1, -0.05) is 55.5 Å². The first-order valence-corrected chi connectivity index (χ1v) is 9.98. The molecule has 1 aliphatic rings. The molecule has 158 valence electrons. The van der Waals surface area contributed by atoms with Crippen molar-refractivity contribution in [2.75, 3.05) is 0 Å². The number of carboxylic acid groups (broad SMARTS) is 1. The van der Waals surface area contributed by atoms with Crippen molar-refractivity contribution in [3.05, 3.63) is 48.6 Å². The van der Waals surface area contributed by atoms with Crippen LogP contribution in [0.5, 0.6) is 0 Å². The van der Waals surface area contributed by atoms with Gasteiger partial charge in [-0.3, -0.25) is 4.79 Å². The molecule has 0 aliphatic carbocycles. The van der Waals surface area contributed by atoms with Crippen molar-refractivity contribution in [3.63, 3.8) is 0 Å². The van der Waals surface area contributed by atoms with Gasteiger partial charge >= 0.3 is 5.97 Å². The maximum Gasteiger partial charge on any atom is 0.303 e. The number of carbonyl (C=O) groups is 1. The van der Waals surface area contributed by atoms with Gasteiger partial charge in [-0.25, -0.2) is 0 Å². The molecule has 0 amide bonds. The second-order valence-electron chi connectivity index (χ2n) is 6.92. The van der Waals surface area contributed by atoms with Gasteiger partial charge in [0.15, 0.2) is 0 Å². The Morgan fingerprint density at radius 2 is 1.86 bits per heavy atom. The number of allylic oxidation sites excluding steroid dienone is 4. The Morgan fingerprint density at radius 1 is 1.11 bits per heavy atom. The molecule has 0 spiro atoms. The number of hydrogen-bond donors (Lipinski definition) is 4. The molecule has 0 bridgehead atoms. The monoisotopic (exact) mass is 394 g/mol. The normalized spacial score (nSPS) is 25.5. The van der Waals surface area contributed by atoms with E-state index in [-0.39, 0.29) is 6.42 Å². The predicted molar refractivity (Wildman–Crippen MR) is 109 cm³/mol. The van der Waals surface area contributed by atoms with Crippen LogP contribution in [0.2, 0.25) is 0 Å². The highest BCUT2D eigenvalue weighted by Gasteiger charge is 2.36. The minimum atomic E-state index is -0.901. The van der Waals surface area contributed by atoms with E-state index < -0.39 is 36.5 Å². The molecule has 0 aromatic heterocycles. The summed E-state index contributed by atoms with van der Waals surface area (Å²) in [4.78, 5) is 10.5. The quantitative estimate of drug-likeness (QED) is 0.358. The maximum atomic E-state index is 10.5. The van der Waals surface area contributed by atoms with E-state index in [1.807, 2.05) is 12.2 Å². The molecule has 5 atom stereocenters. The van der Waals surface area contributed by atoms with Crippen LogP contribution in [0.15, 0.2) is 48.6 Å². The minimum absolute atomic E-state index is 0.0731. The van der Waals surface area contributed by atoms with E-state index in [1.165, 1.54) is 6.08 Å². The smallest absolute Gasteiger partial charge is 0.303 e. The summed E-state index contributed by atoms with van der Waals surface area (Å²) in [5.41, 5.74) is 0. The lowest BCUT2D eigenvalue weighted by Gasteiger charge is -2.16. The molecule has 0 aromatic carbocycles. The van der Waals surface area contributed by atoms with E-state index in [9.17, 15) is 20.1 Å². The molecule has 0 unspecified atom stereocenters. The van der Waals surface area contributed by atoms with E-state index in [0.29, 0.717) is 25.7 Å². The first-order valence-electron chi connectivity index (χ1n) is 9.98. The maximum absolute atomic E-state index is 10.5. The molecule has 1 fully saturated rings. The Bertz CT molecular complexity index is 551. The van der Waals surface area contributed by atoms with E-state index in [2.05, 4.69) is 19.1 Å². The summed E-state index contributed by atoms with van der Waals surface area (Å²) in [6.45, 7) is 2.08.